The summed E-state index contributed by atoms with van der Waals surface area (Å²) in [5, 5.41) is 19.6. The molecule has 0 aliphatic heterocycles. The van der Waals surface area contributed by atoms with Crippen LogP contribution in [0.25, 0.3) is 246 Å². The molecule has 576 valence electrons. The molecule has 0 aliphatic carbocycles. The summed E-state index contributed by atoms with van der Waals surface area (Å²) in [4.78, 5) is 21.5. The summed E-state index contributed by atoms with van der Waals surface area (Å²) in [7, 11) is 0. The highest BCUT2D eigenvalue weighted by Gasteiger charge is 2.26. The molecule has 8 aromatic heterocycles. The van der Waals surface area contributed by atoms with E-state index in [-0.39, 0.29) is 0 Å². The van der Waals surface area contributed by atoms with Crippen molar-refractivity contribution in [2.75, 3.05) is 0 Å². The van der Waals surface area contributed by atoms with E-state index in [1.807, 2.05) is 35.6 Å². The van der Waals surface area contributed by atoms with Gasteiger partial charge in [-0.2, -0.15) is 0 Å². The molecule has 0 unspecified atom stereocenters. The lowest BCUT2D eigenvalue weighted by Crippen LogP contribution is -1.98. The van der Waals surface area contributed by atoms with Gasteiger partial charge in [0.2, 0.25) is 0 Å². The van der Waals surface area contributed by atoms with Crippen LogP contribution in [0.1, 0.15) is 0 Å². The quantitative estimate of drug-likeness (QED) is 0.144. The highest BCUT2D eigenvalue weighted by molar-refractivity contribution is 7.26. The van der Waals surface area contributed by atoms with E-state index < -0.39 is 0 Å². The summed E-state index contributed by atoms with van der Waals surface area (Å²) >= 11 is 1.82. The van der Waals surface area contributed by atoms with E-state index >= 15 is 0 Å². The predicted molar refractivity (Wildman–Crippen MR) is 520 cm³/mol. The predicted octanol–water partition coefficient (Wildman–Crippen LogP) is 30.1. The van der Waals surface area contributed by atoms with Gasteiger partial charge in [0.25, 0.3) is 0 Å². The monoisotopic (exact) mass is 1600 g/mol. The van der Waals surface area contributed by atoms with Crippen LogP contribution in [0.3, 0.4) is 0 Å². The maximum atomic E-state index is 5.40. The minimum absolute atomic E-state index is 0.846. The summed E-state index contributed by atoms with van der Waals surface area (Å²) < 4.78 is 14.6. The SMILES string of the molecule is c1cc(-c2nc3ccccc3nc2-c2cccc3c2sc2ccccc23)cc(-n2c3ccccc3c3cc4c(-n5c6ccccc6c6ccccc65)cccc4cc32)c1.c1ccc(-n2c3ccccc3c3cc(-c4nc5ccccc5nc4-c4cccc(-n5c6ccccc6c6cc7c(-n8c9ccccc9c9ccccc98)cccc7cc65)c4)ccc32)cc1. The lowest BCUT2D eigenvalue weighted by atomic mass is 10.0. The van der Waals surface area contributed by atoms with Gasteiger partial charge >= 0.3 is 0 Å². The fourth-order valence-electron chi connectivity index (χ4n) is 20.0. The van der Waals surface area contributed by atoms with Crippen molar-refractivity contribution in [1.29, 1.82) is 0 Å². The van der Waals surface area contributed by atoms with Gasteiger partial charge in [-0.3, -0.25) is 0 Å². The van der Waals surface area contributed by atoms with Crippen molar-refractivity contribution in [2.24, 2.45) is 0 Å². The van der Waals surface area contributed by atoms with E-state index in [9.17, 15) is 0 Å². The Kier molecular flexibility index (Phi) is 15.5. The molecule has 0 spiro atoms. The number of thiophene rings is 1. The molecule has 0 amide bonds. The van der Waals surface area contributed by atoms with Crippen molar-refractivity contribution < 1.29 is 0 Å². The average Bonchev–Trinajstić information content (AvgIpc) is 1.56. The van der Waals surface area contributed by atoms with Gasteiger partial charge in [0.05, 0.1) is 111 Å². The van der Waals surface area contributed by atoms with Crippen molar-refractivity contribution in [3.63, 3.8) is 0 Å². The van der Waals surface area contributed by atoms with Crippen LogP contribution in [-0.2, 0) is 0 Å². The number of aromatic nitrogens is 9. The molecule has 0 N–H and O–H groups in total. The molecule has 0 saturated carbocycles. The average molecular weight is 1600 g/mol. The molecule has 0 fully saturated rings. The Morgan fingerprint density at radius 3 is 0.960 bits per heavy atom. The Bertz CT molecular complexity index is 9060. The van der Waals surface area contributed by atoms with E-state index in [2.05, 4.69) is 417 Å². The number of hydrogen-bond donors (Lipinski definition) is 0. The molecule has 0 aliphatic rings. The van der Waals surface area contributed by atoms with Crippen molar-refractivity contribution >= 4 is 184 Å². The molecule has 0 bridgehead atoms. The number of fused-ring (bicyclic) bond motifs is 22. The second-order valence-corrected chi connectivity index (χ2v) is 33.4. The van der Waals surface area contributed by atoms with Gasteiger partial charge in [-0.25, -0.2) is 19.9 Å². The number of rotatable bonds is 9. The van der Waals surface area contributed by atoms with Crippen LogP contribution >= 0.6 is 11.3 Å². The Hall–Kier alpha value is -16.4. The van der Waals surface area contributed by atoms with E-state index in [0.29, 0.717) is 0 Å². The Morgan fingerprint density at radius 2 is 0.500 bits per heavy atom. The third kappa shape index (κ3) is 10.7. The Labute approximate surface area is 714 Å². The highest BCUT2D eigenvalue weighted by Crippen LogP contribution is 2.47. The van der Waals surface area contributed by atoms with Gasteiger partial charge < -0.3 is 22.8 Å². The molecule has 10 heteroatoms. The van der Waals surface area contributed by atoms with Crippen LogP contribution in [0.15, 0.2) is 419 Å². The standard InChI is InChI=1S/C60H37N5.C54H32N4S/c1-2-18-41(19-3-1)63-52-27-10-6-23-45(52)48-35-40(32-33-57(48)63)60-59(61-50-25-8-9-26-51(50)62-60)39-17-14-20-42(34-39)64-53-28-11-7-24-46(53)49-37-47-38(36-58(49)64)16-15-31-56(47)65-54-29-12-4-21-43(54)44-22-5-13-30-55(44)65;1-8-26-47-36(17-1)37-18-2-9-27-48(37)58(47)49-28-12-14-33-31-50-43(32-42(33)49)38-19-3-7-25-46(38)57(50)35-16-11-15-34(30-35)52-53(56-45-24-6-5-23-44(45)55-52)41-22-13-21-40-39-20-4-10-29-51(39)59-54(40)41/h1-37H;1-32H. The van der Waals surface area contributed by atoms with Gasteiger partial charge in [-0.1, -0.05) is 261 Å². The maximum absolute atomic E-state index is 5.40. The van der Waals surface area contributed by atoms with E-state index in [1.165, 1.54) is 135 Å². The summed E-state index contributed by atoms with van der Waals surface area (Å²) in [5.41, 5.74) is 28.5. The summed E-state index contributed by atoms with van der Waals surface area (Å²) in [5.74, 6) is 0. The van der Waals surface area contributed by atoms with Crippen molar-refractivity contribution in [2.45, 2.75) is 0 Å². The fourth-order valence-corrected chi connectivity index (χ4v) is 21.3. The van der Waals surface area contributed by atoms with Crippen molar-refractivity contribution in [3.05, 3.63) is 419 Å². The molecule has 0 atom stereocenters. The van der Waals surface area contributed by atoms with Crippen LogP contribution in [0.4, 0.5) is 0 Å². The first-order chi connectivity index (χ1) is 61.5. The molecular formula is C114H69N9S. The lowest BCUT2D eigenvalue weighted by Gasteiger charge is -2.14. The molecular weight excluding hydrogens is 1530 g/mol. The van der Waals surface area contributed by atoms with Crippen molar-refractivity contribution in [3.8, 4) is 73.5 Å². The van der Waals surface area contributed by atoms with Crippen LogP contribution < -0.4 is 0 Å². The van der Waals surface area contributed by atoms with Crippen LogP contribution in [0.2, 0.25) is 0 Å². The largest absolute Gasteiger partial charge is 0.309 e. The summed E-state index contributed by atoms with van der Waals surface area (Å²) in [6.07, 6.45) is 0. The van der Waals surface area contributed by atoms with Gasteiger partial charge in [-0.15, -0.1) is 11.3 Å². The molecule has 0 radical (unpaired) electrons. The van der Waals surface area contributed by atoms with E-state index in [1.54, 1.807) is 0 Å². The second kappa shape index (κ2) is 27.6. The summed E-state index contributed by atoms with van der Waals surface area (Å²) in [6.45, 7) is 0. The summed E-state index contributed by atoms with van der Waals surface area (Å²) in [6, 6.07) is 151. The van der Waals surface area contributed by atoms with E-state index in [0.717, 1.165) is 112 Å². The number of para-hydroxylation sites is 12. The zero-order valence-corrected chi connectivity index (χ0v) is 67.6. The van der Waals surface area contributed by atoms with Gasteiger partial charge in [0.15, 0.2) is 0 Å². The number of benzene rings is 19. The first-order valence-electron chi connectivity index (χ1n) is 42.2. The minimum atomic E-state index is 0.846. The Balaban J connectivity index is 0.000000133. The van der Waals surface area contributed by atoms with Gasteiger partial charge in [0, 0.05) is 124 Å². The third-order valence-corrected chi connectivity index (χ3v) is 26.7. The Morgan fingerprint density at radius 1 is 0.177 bits per heavy atom. The van der Waals surface area contributed by atoms with E-state index in [4.69, 9.17) is 19.9 Å². The molecule has 19 aromatic carbocycles. The maximum Gasteiger partial charge on any atom is 0.0987 e. The van der Waals surface area contributed by atoms with Gasteiger partial charge in [-0.05, 0) is 168 Å². The van der Waals surface area contributed by atoms with Crippen LogP contribution in [-0.4, -0.2) is 42.8 Å². The molecule has 8 heterocycles. The molecule has 124 heavy (non-hydrogen) atoms. The zero-order chi connectivity index (χ0) is 81.2. The van der Waals surface area contributed by atoms with Crippen molar-refractivity contribution in [1.82, 2.24) is 42.8 Å². The molecule has 27 aromatic rings. The van der Waals surface area contributed by atoms with Crippen LogP contribution in [0.5, 0.6) is 0 Å². The van der Waals surface area contributed by atoms with Crippen LogP contribution in [0, 0.1) is 0 Å². The third-order valence-electron chi connectivity index (χ3n) is 25.5. The first kappa shape index (κ1) is 69.5. The number of hydrogen-bond acceptors (Lipinski definition) is 5. The topological polar surface area (TPSA) is 76.2 Å². The normalized spacial score (nSPS) is 12.0. The smallest absolute Gasteiger partial charge is 0.0987 e. The zero-order valence-electron chi connectivity index (χ0n) is 66.8. The van der Waals surface area contributed by atoms with Gasteiger partial charge in [0.1, 0.15) is 0 Å². The first-order valence-corrected chi connectivity index (χ1v) is 43.0. The molecule has 0 saturated heterocycles. The highest BCUT2D eigenvalue weighted by atomic mass is 32.1. The second-order valence-electron chi connectivity index (χ2n) is 32.3. The molecule has 27 rings (SSSR count). The fraction of sp³-hybridized carbons (Fsp3) is 0. The number of nitrogens with zero attached hydrogens (tertiary/aromatic N) is 9. The minimum Gasteiger partial charge on any atom is -0.309 e. The molecule has 9 nitrogen and oxygen atoms in total. The lowest BCUT2D eigenvalue weighted by molar-refractivity contribution is 1.18.